The van der Waals surface area contributed by atoms with E-state index in [9.17, 15) is 0 Å². The van der Waals surface area contributed by atoms with E-state index in [-0.39, 0.29) is 5.41 Å². The second-order valence-corrected chi connectivity index (χ2v) is 13.0. The third kappa shape index (κ3) is 3.40. The first-order valence-electron chi connectivity index (χ1n) is 15.7. The lowest BCUT2D eigenvalue weighted by atomic mass is 9.81. The highest BCUT2D eigenvalue weighted by atomic mass is 14.9. The van der Waals surface area contributed by atoms with Crippen molar-refractivity contribution < 1.29 is 0 Å². The minimum Gasteiger partial charge on any atom is -0.227 e. The third-order valence-electron chi connectivity index (χ3n) is 10.2. The summed E-state index contributed by atoms with van der Waals surface area (Å²) >= 11 is 0. The monoisotopic (exact) mass is 572 g/mol. The predicted octanol–water partition coefficient (Wildman–Crippen LogP) is 11.3. The van der Waals surface area contributed by atoms with Gasteiger partial charge in [-0.3, -0.25) is 0 Å². The second-order valence-electron chi connectivity index (χ2n) is 13.0. The standard InChI is InChI=1S/C43H28N2/c1-43(2)36-13-6-5-12-33(36)34-20-19-30(24-37(34)43)40-35-21-18-25-8-3-4-11-32(25)41(35)45-42(44-40)31-22-28-16-14-26-9-7-10-27-15-17-29(23-31)39(28)38(26)27/h3-24H,1-2H3. The van der Waals surface area contributed by atoms with E-state index in [4.69, 9.17) is 9.97 Å². The van der Waals surface area contributed by atoms with Crippen molar-refractivity contribution in [2.75, 3.05) is 0 Å². The number of fused-ring (bicyclic) bond motifs is 6. The highest BCUT2D eigenvalue weighted by Crippen LogP contribution is 2.50. The highest BCUT2D eigenvalue weighted by Gasteiger charge is 2.35. The van der Waals surface area contributed by atoms with Gasteiger partial charge in [-0.15, -0.1) is 0 Å². The average Bonchev–Trinajstić information content (AvgIpc) is 3.32. The topological polar surface area (TPSA) is 25.8 Å². The van der Waals surface area contributed by atoms with Crippen LogP contribution in [0.2, 0.25) is 0 Å². The fraction of sp³-hybridized carbons (Fsp3) is 0.0698. The Kier molecular flexibility index (Phi) is 4.82. The van der Waals surface area contributed by atoms with E-state index in [1.807, 2.05) is 0 Å². The van der Waals surface area contributed by atoms with Crippen LogP contribution in [-0.4, -0.2) is 9.97 Å². The van der Waals surface area contributed by atoms with Crippen LogP contribution < -0.4 is 0 Å². The van der Waals surface area contributed by atoms with Crippen LogP contribution in [0.4, 0.5) is 0 Å². The van der Waals surface area contributed by atoms with Gasteiger partial charge in [0.25, 0.3) is 0 Å². The van der Waals surface area contributed by atoms with Crippen molar-refractivity contribution in [2.45, 2.75) is 19.3 Å². The Balaban J connectivity index is 1.26. The second kappa shape index (κ2) is 8.74. The van der Waals surface area contributed by atoms with E-state index in [2.05, 4.69) is 147 Å². The van der Waals surface area contributed by atoms with Crippen LogP contribution in [0.3, 0.4) is 0 Å². The van der Waals surface area contributed by atoms with Crippen molar-refractivity contribution in [3.8, 4) is 33.8 Å². The van der Waals surface area contributed by atoms with Crippen LogP contribution in [-0.2, 0) is 5.41 Å². The molecule has 10 rings (SSSR count). The molecule has 2 heteroatoms. The Morgan fingerprint density at radius 3 is 1.91 bits per heavy atom. The molecule has 0 amide bonds. The molecule has 0 fully saturated rings. The summed E-state index contributed by atoms with van der Waals surface area (Å²) in [6.07, 6.45) is 0. The number of hydrogen-bond acceptors (Lipinski definition) is 2. The van der Waals surface area contributed by atoms with Crippen molar-refractivity contribution >= 4 is 54.0 Å². The molecule has 0 N–H and O–H groups in total. The first-order valence-corrected chi connectivity index (χ1v) is 15.7. The van der Waals surface area contributed by atoms with E-state index in [1.165, 1.54) is 60.0 Å². The first-order chi connectivity index (χ1) is 22.0. The lowest BCUT2D eigenvalue weighted by Crippen LogP contribution is -2.15. The van der Waals surface area contributed by atoms with E-state index in [0.29, 0.717) is 0 Å². The van der Waals surface area contributed by atoms with Gasteiger partial charge in [-0.25, -0.2) is 9.97 Å². The zero-order valence-corrected chi connectivity index (χ0v) is 25.1. The summed E-state index contributed by atoms with van der Waals surface area (Å²) in [4.78, 5) is 10.7. The van der Waals surface area contributed by atoms with Gasteiger partial charge >= 0.3 is 0 Å². The Morgan fingerprint density at radius 2 is 1.09 bits per heavy atom. The minimum atomic E-state index is -0.0880. The molecule has 9 aromatic rings. The molecule has 0 spiro atoms. The maximum absolute atomic E-state index is 5.40. The molecule has 0 saturated carbocycles. The van der Waals surface area contributed by atoms with Crippen molar-refractivity contribution in [3.63, 3.8) is 0 Å². The van der Waals surface area contributed by atoms with Crippen LogP contribution in [0.1, 0.15) is 25.0 Å². The van der Waals surface area contributed by atoms with Gasteiger partial charge in [0.1, 0.15) is 0 Å². The zero-order chi connectivity index (χ0) is 29.9. The molecule has 0 unspecified atom stereocenters. The van der Waals surface area contributed by atoms with E-state index in [1.54, 1.807) is 0 Å². The lowest BCUT2D eigenvalue weighted by molar-refractivity contribution is 0.660. The summed E-state index contributed by atoms with van der Waals surface area (Å²) in [7, 11) is 0. The Bertz CT molecular complexity index is 2620. The van der Waals surface area contributed by atoms with Gasteiger partial charge in [-0.05, 0) is 84.2 Å². The lowest BCUT2D eigenvalue weighted by Gasteiger charge is -2.22. The summed E-state index contributed by atoms with van der Waals surface area (Å²) in [5, 5.41) is 11.0. The van der Waals surface area contributed by atoms with E-state index >= 15 is 0 Å². The van der Waals surface area contributed by atoms with Gasteiger partial charge in [-0.2, -0.15) is 0 Å². The van der Waals surface area contributed by atoms with Crippen LogP contribution >= 0.6 is 0 Å². The summed E-state index contributed by atoms with van der Waals surface area (Å²) in [6.45, 7) is 4.67. The Morgan fingerprint density at radius 1 is 0.444 bits per heavy atom. The van der Waals surface area contributed by atoms with Crippen molar-refractivity contribution in [1.29, 1.82) is 0 Å². The minimum absolute atomic E-state index is 0.0880. The molecule has 45 heavy (non-hydrogen) atoms. The summed E-state index contributed by atoms with van der Waals surface area (Å²) in [6, 6.07) is 48.7. The molecule has 0 atom stereocenters. The zero-order valence-electron chi connectivity index (χ0n) is 25.1. The fourth-order valence-electron chi connectivity index (χ4n) is 7.95. The highest BCUT2D eigenvalue weighted by molar-refractivity contribution is 6.23. The summed E-state index contributed by atoms with van der Waals surface area (Å²) < 4.78 is 0. The number of benzene rings is 8. The van der Waals surface area contributed by atoms with Crippen molar-refractivity contribution in [3.05, 3.63) is 145 Å². The van der Waals surface area contributed by atoms with E-state index in [0.717, 1.165) is 38.9 Å². The molecule has 0 saturated heterocycles. The van der Waals surface area contributed by atoms with Gasteiger partial charge in [0, 0.05) is 27.3 Å². The Hall–Kier alpha value is -5.60. The Labute approximate surface area is 261 Å². The van der Waals surface area contributed by atoms with Crippen LogP contribution in [0, 0.1) is 0 Å². The molecule has 1 aliphatic carbocycles. The van der Waals surface area contributed by atoms with E-state index < -0.39 is 0 Å². The van der Waals surface area contributed by atoms with Crippen LogP contribution in [0.25, 0.3) is 87.8 Å². The maximum Gasteiger partial charge on any atom is 0.160 e. The van der Waals surface area contributed by atoms with Gasteiger partial charge in [0.05, 0.1) is 11.2 Å². The third-order valence-corrected chi connectivity index (χ3v) is 10.2. The summed E-state index contributed by atoms with van der Waals surface area (Å²) in [5.41, 5.74) is 9.40. The predicted molar refractivity (Wildman–Crippen MR) is 189 cm³/mol. The number of aromatic nitrogens is 2. The fourth-order valence-corrected chi connectivity index (χ4v) is 7.95. The molecular formula is C43H28N2. The quantitative estimate of drug-likeness (QED) is 0.193. The smallest absolute Gasteiger partial charge is 0.160 e. The van der Waals surface area contributed by atoms with Crippen molar-refractivity contribution in [2.24, 2.45) is 0 Å². The van der Waals surface area contributed by atoms with Crippen LogP contribution in [0.5, 0.6) is 0 Å². The molecule has 0 bridgehead atoms. The number of nitrogens with zero attached hydrogens (tertiary/aromatic N) is 2. The van der Waals surface area contributed by atoms with Gasteiger partial charge in [0.2, 0.25) is 0 Å². The molecule has 1 aliphatic rings. The van der Waals surface area contributed by atoms with Gasteiger partial charge in [-0.1, -0.05) is 123 Å². The molecule has 0 aliphatic heterocycles. The molecular weight excluding hydrogens is 544 g/mol. The molecule has 210 valence electrons. The molecule has 2 nitrogen and oxygen atoms in total. The molecule has 1 aromatic heterocycles. The summed E-state index contributed by atoms with van der Waals surface area (Å²) in [5.74, 6) is 0.752. The van der Waals surface area contributed by atoms with Gasteiger partial charge < -0.3 is 0 Å². The van der Waals surface area contributed by atoms with Crippen molar-refractivity contribution in [1.82, 2.24) is 9.97 Å². The van der Waals surface area contributed by atoms with Crippen LogP contribution in [0.15, 0.2) is 133 Å². The number of rotatable bonds is 2. The molecule has 1 heterocycles. The largest absolute Gasteiger partial charge is 0.227 e. The maximum atomic E-state index is 5.40. The SMILES string of the molecule is CC1(C)c2ccccc2-c2ccc(-c3nc(-c4cc5ccc6cccc7ccc(c4)c5c67)nc4c3ccc3ccccc34)cc21. The average molecular weight is 573 g/mol. The molecule has 8 aromatic carbocycles. The normalized spacial score (nSPS) is 13.7. The molecule has 0 radical (unpaired) electrons. The van der Waals surface area contributed by atoms with Gasteiger partial charge in [0.15, 0.2) is 5.82 Å². The first kappa shape index (κ1) is 24.8. The number of hydrogen-bond donors (Lipinski definition) is 0.